The van der Waals surface area contributed by atoms with E-state index in [4.69, 9.17) is 5.73 Å². The van der Waals surface area contributed by atoms with Crippen LogP contribution >= 0.6 is 0 Å². The van der Waals surface area contributed by atoms with Gasteiger partial charge in [0.2, 0.25) is 0 Å². The van der Waals surface area contributed by atoms with Gasteiger partial charge in [-0.25, -0.2) is 4.68 Å². The summed E-state index contributed by atoms with van der Waals surface area (Å²) in [5.74, 6) is -0.595. The minimum absolute atomic E-state index is 0.0827. The van der Waals surface area contributed by atoms with Crippen LogP contribution in [-0.2, 0) is 20.2 Å². The number of aromatic amines is 1. The first-order valence-electron chi connectivity index (χ1n) is 9.62. The van der Waals surface area contributed by atoms with Gasteiger partial charge >= 0.3 is 0 Å². The topological polar surface area (TPSA) is 218 Å². The molecule has 0 saturated heterocycles. The molecule has 6 N–H and O–H groups in total. The third-order valence-corrected chi connectivity index (χ3v) is 6.88. The summed E-state index contributed by atoms with van der Waals surface area (Å²) in [6, 6.07) is 10.2. The number of benzene rings is 3. The molecule has 0 fully saturated rings. The van der Waals surface area contributed by atoms with Crippen molar-refractivity contribution in [2.24, 2.45) is 10.2 Å². The molecule has 0 atom stereocenters. The molecule has 35 heavy (non-hydrogen) atoms. The molecule has 0 aliphatic carbocycles. The summed E-state index contributed by atoms with van der Waals surface area (Å²) >= 11 is 0. The van der Waals surface area contributed by atoms with Gasteiger partial charge in [-0.2, -0.15) is 16.8 Å². The summed E-state index contributed by atoms with van der Waals surface area (Å²) in [6.45, 7) is 1.52. The Labute approximate surface area is 197 Å². The highest BCUT2D eigenvalue weighted by Gasteiger charge is 2.20. The second-order valence-electron chi connectivity index (χ2n) is 7.39. The Bertz CT molecular complexity index is 1810. The second-order valence-corrected chi connectivity index (χ2v) is 10.2. The fourth-order valence-electron chi connectivity index (χ4n) is 3.48. The summed E-state index contributed by atoms with van der Waals surface area (Å²) in [4.78, 5) is 11.9. The highest BCUT2D eigenvalue weighted by molar-refractivity contribution is 7.86. The van der Waals surface area contributed by atoms with Crippen LogP contribution < -0.4 is 11.3 Å². The van der Waals surface area contributed by atoms with E-state index < -0.39 is 41.3 Å². The molecule has 0 radical (unpaired) electrons. The van der Waals surface area contributed by atoms with Crippen molar-refractivity contribution in [3.63, 3.8) is 0 Å². The lowest BCUT2D eigenvalue weighted by atomic mass is 10.1. The molecule has 0 amide bonds. The lowest BCUT2D eigenvalue weighted by Gasteiger charge is -2.08. The molecule has 4 rings (SSSR count). The van der Waals surface area contributed by atoms with Crippen LogP contribution in [0.4, 0.5) is 17.1 Å². The molecule has 0 aliphatic rings. The number of nitrogen functional groups attached to an aromatic ring is 1. The van der Waals surface area contributed by atoms with Crippen molar-refractivity contribution in [1.29, 1.82) is 0 Å². The summed E-state index contributed by atoms with van der Waals surface area (Å²) < 4.78 is 65.8. The minimum atomic E-state index is -4.65. The van der Waals surface area contributed by atoms with Gasteiger partial charge in [-0.1, -0.05) is 24.3 Å². The highest BCUT2D eigenvalue weighted by Crippen LogP contribution is 2.39. The molecule has 0 saturated carbocycles. The smallest absolute Gasteiger partial charge is 0.299 e. The fraction of sp³-hybridized carbons (Fsp3) is 0.0500. The van der Waals surface area contributed by atoms with E-state index in [0.717, 1.165) is 22.9 Å². The molecule has 1 heterocycles. The van der Waals surface area contributed by atoms with Gasteiger partial charge < -0.3 is 10.8 Å². The van der Waals surface area contributed by atoms with E-state index in [0.29, 0.717) is 0 Å². The number of hydrogen-bond acceptors (Lipinski definition) is 9. The van der Waals surface area contributed by atoms with Gasteiger partial charge in [0.1, 0.15) is 21.2 Å². The number of azo groups is 1. The number of aryl methyl sites for hydroxylation is 1. The first kappa shape index (κ1) is 24.1. The van der Waals surface area contributed by atoms with Crippen LogP contribution in [0.1, 0.15) is 5.69 Å². The zero-order valence-electron chi connectivity index (χ0n) is 17.7. The number of rotatable bonds is 5. The number of hydrogen-bond donors (Lipinski definition) is 5. The minimum Gasteiger partial charge on any atom is -0.506 e. The summed E-state index contributed by atoms with van der Waals surface area (Å²) in [5, 5.41) is 21.2. The lowest BCUT2D eigenvalue weighted by Crippen LogP contribution is -2.15. The molecule has 0 aliphatic heterocycles. The Kier molecular flexibility index (Phi) is 5.72. The van der Waals surface area contributed by atoms with E-state index in [2.05, 4.69) is 15.3 Å². The predicted molar refractivity (Wildman–Crippen MR) is 125 cm³/mol. The van der Waals surface area contributed by atoms with Crippen LogP contribution in [0, 0.1) is 6.92 Å². The number of H-pyrrole nitrogens is 1. The van der Waals surface area contributed by atoms with Gasteiger partial charge in [-0.3, -0.25) is 19.0 Å². The van der Waals surface area contributed by atoms with Crippen LogP contribution in [0.15, 0.2) is 73.3 Å². The molecular formula is C20H17N5O8S2. The lowest BCUT2D eigenvalue weighted by molar-refractivity contribution is 0.468. The van der Waals surface area contributed by atoms with E-state index in [1.807, 2.05) is 0 Å². The monoisotopic (exact) mass is 519 g/mol. The molecule has 182 valence electrons. The first-order chi connectivity index (χ1) is 16.3. The van der Waals surface area contributed by atoms with Gasteiger partial charge in [0, 0.05) is 16.8 Å². The maximum atomic E-state index is 12.9. The van der Waals surface area contributed by atoms with Crippen molar-refractivity contribution < 1.29 is 31.0 Å². The molecule has 4 aromatic rings. The molecule has 13 nitrogen and oxygen atoms in total. The average molecular weight is 520 g/mol. The van der Waals surface area contributed by atoms with Crippen LogP contribution in [-0.4, -0.2) is 40.8 Å². The normalized spacial score (nSPS) is 12.5. The van der Waals surface area contributed by atoms with Gasteiger partial charge in [0.25, 0.3) is 25.8 Å². The summed E-state index contributed by atoms with van der Waals surface area (Å²) in [5.41, 5.74) is 4.81. The van der Waals surface area contributed by atoms with Crippen molar-refractivity contribution >= 4 is 48.1 Å². The van der Waals surface area contributed by atoms with Crippen LogP contribution in [0.3, 0.4) is 0 Å². The molecule has 1 aromatic heterocycles. The first-order valence-corrected chi connectivity index (χ1v) is 12.5. The number of aromatic nitrogens is 2. The zero-order chi connectivity index (χ0) is 25.7. The average Bonchev–Trinajstić information content (AvgIpc) is 3.04. The number of aromatic hydroxyl groups is 1. The van der Waals surface area contributed by atoms with Crippen molar-refractivity contribution in [1.82, 2.24) is 9.78 Å². The third-order valence-electron chi connectivity index (χ3n) is 5.06. The Morgan fingerprint density at radius 2 is 1.49 bits per heavy atom. The van der Waals surface area contributed by atoms with E-state index in [-0.39, 0.29) is 39.2 Å². The van der Waals surface area contributed by atoms with Gasteiger partial charge in [0.15, 0.2) is 5.69 Å². The van der Waals surface area contributed by atoms with Crippen molar-refractivity contribution in [3.8, 4) is 11.4 Å². The van der Waals surface area contributed by atoms with Gasteiger partial charge in [-0.15, -0.1) is 10.2 Å². The number of nitrogens with two attached hydrogens (primary N) is 1. The van der Waals surface area contributed by atoms with E-state index in [9.17, 15) is 35.8 Å². The van der Waals surface area contributed by atoms with Gasteiger partial charge in [-0.05, 0) is 25.1 Å². The molecular weight excluding hydrogens is 502 g/mol. The molecule has 0 bridgehead atoms. The maximum Gasteiger partial charge on any atom is 0.299 e. The van der Waals surface area contributed by atoms with Crippen molar-refractivity contribution in [2.75, 3.05) is 5.73 Å². The largest absolute Gasteiger partial charge is 0.506 e. The Morgan fingerprint density at radius 1 is 0.886 bits per heavy atom. The number of nitrogens with one attached hydrogen (secondary N) is 1. The van der Waals surface area contributed by atoms with Crippen LogP contribution in [0.5, 0.6) is 5.75 Å². The van der Waals surface area contributed by atoms with Crippen LogP contribution in [0.25, 0.3) is 16.5 Å². The Hall–Kier alpha value is -4.05. The second kappa shape index (κ2) is 8.31. The van der Waals surface area contributed by atoms with Crippen LogP contribution in [0.2, 0.25) is 0 Å². The number of fused-ring (bicyclic) bond motifs is 1. The van der Waals surface area contributed by atoms with E-state index >= 15 is 0 Å². The van der Waals surface area contributed by atoms with Gasteiger partial charge in [0.05, 0.1) is 17.1 Å². The molecule has 15 heteroatoms. The Balaban J connectivity index is 1.82. The summed E-state index contributed by atoms with van der Waals surface area (Å²) in [7, 11) is -9.20. The number of anilines is 1. The Morgan fingerprint density at radius 3 is 2.09 bits per heavy atom. The zero-order valence-corrected chi connectivity index (χ0v) is 19.4. The summed E-state index contributed by atoms with van der Waals surface area (Å²) in [6.07, 6.45) is 0. The quantitative estimate of drug-likeness (QED) is 0.148. The molecule has 0 unspecified atom stereocenters. The SMILES string of the molecule is Cc1[nH]n(-c2ccc(S(=O)(=O)O)c(N)c2)c(=O)c1N=Nc1c(O)cc(S(=O)(=O)O)c2ccccc12. The highest BCUT2D eigenvalue weighted by atomic mass is 32.2. The number of phenols is 1. The molecule has 0 spiro atoms. The molecule has 3 aromatic carbocycles. The standard InChI is InChI=1S/C20H17N5O8S2/c1-10-18(20(27)25(24-10)11-6-7-16(14(21)8-11)34(28,29)30)22-23-19-13-5-3-2-4-12(13)17(9-15(19)26)35(31,32)33/h2-9,24,26H,21H2,1H3,(H,28,29,30)(H,31,32,33). The number of nitrogens with zero attached hydrogens (tertiary/aromatic N) is 3. The predicted octanol–water partition coefficient (Wildman–Crippen LogP) is 2.82. The number of phenolic OH excluding ortho intramolecular Hbond substituents is 1. The van der Waals surface area contributed by atoms with Crippen molar-refractivity contribution in [2.45, 2.75) is 16.7 Å². The van der Waals surface area contributed by atoms with E-state index in [1.165, 1.54) is 31.2 Å². The maximum absolute atomic E-state index is 12.9. The van der Waals surface area contributed by atoms with E-state index in [1.54, 1.807) is 6.07 Å². The third kappa shape index (κ3) is 4.40. The fourth-order valence-corrected chi connectivity index (χ4v) is 4.79. The van der Waals surface area contributed by atoms with Crippen molar-refractivity contribution in [3.05, 3.63) is 64.6 Å².